The summed E-state index contributed by atoms with van der Waals surface area (Å²) in [4.78, 5) is 11.6. The van der Waals surface area contributed by atoms with Gasteiger partial charge in [0.15, 0.2) is 0 Å². The maximum Gasteiger partial charge on any atom is 0.251 e. The highest BCUT2D eigenvalue weighted by Crippen LogP contribution is 2.22. The van der Waals surface area contributed by atoms with E-state index in [1.807, 2.05) is 12.1 Å². The SMILES string of the molecule is NC1CC(Nc2ccc(C(=O)NCCO)cc2)C1. The minimum Gasteiger partial charge on any atom is -0.395 e. The third-order valence-corrected chi connectivity index (χ3v) is 3.09. The molecule has 1 aromatic rings. The smallest absolute Gasteiger partial charge is 0.251 e. The van der Waals surface area contributed by atoms with Crippen LogP contribution >= 0.6 is 0 Å². The summed E-state index contributed by atoms with van der Waals surface area (Å²) in [6, 6.07) is 8.09. The van der Waals surface area contributed by atoms with E-state index < -0.39 is 0 Å². The van der Waals surface area contributed by atoms with Crippen LogP contribution in [0.25, 0.3) is 0 Å². The van der Waals surface area contributed by atoms with Crippen molar-refractivity contribution < 1.29 is 9.90 Å². The van der Waals surface area contributed by atoms with E-state index in [9.17, 15) is 4.79 Å². The van der Waals surface area contributed by atoms with E-state index >= 15 is 0 Å². The third-order valence-electron chi connectivity index (χ3n) is 3.09. The molecule has 1 saturated carbocycles. The second-order valence-electron chi connectivity index (χ2n) is 4.63. The first-order chi connectivity index (χ1) is 8.69. The standard InChI is InChI=1S/C13H19N3O2/c14-10-7-12(8-10)16-11-3-1-9(2-4-11)13(18)15-5-6-17/h1-4,10,12,16-17H,5-8,14H2,(H,15,18). The number of aliphatic hydroxyl groups excluding tert-OH is 1. The van der Waals surface area contributed by atoms with E-state index in [1.165, 1.54) is 0 Å². The first-order valence-electron chi connectivity index (χ1n) is 6.20. The van der Waals surface area contributed by atoms with Crippen molar-refractivity contribution in [1.82, 2.24) is 5.32 Å². The molecule has 5 N–H and O–H groups in total. The first kappa shape index (κ1) is 12.9. The Morgan fingerprint density at radius 1 is 1.33 bits per heavy atom. The highest BCUT2D eigenvalue weighted by atomic mass is 16.3. The van der Waals surface area contributed by atoms with Gasteiger partial charge in [-0.3, -0.25) is 4.79 Å². The molecule has 1 aliphatic carbocycles. The molecule has 5 nitrogen and oxygen atoms in total. The Morgan fingerprint density at radius 2 is 2.00 bits per heavy atom. The highest BCUT2D eigenvalue weighted by Gasteiger charge is 2.25. The topological polar surface area (TPSA) is 87.4 Å². The molecule has 0 aromatic heterocycles. The van der Waals surface area contributed by atoms with E-state index in [-0.39, 0.29) is 19.1 Å². The summed E-state index contributed by atoms with van der Waals surface area (Å²) in [5.41, 5.74) is 7.32. The maximum atomic E-state index is 11.6. The van der Waals surface area contributed by atoms with Gasteiger partial charge in [0.05, 0.1) is 6.61 Å². The number of benzene rings is 1. The number of anilines is 1. The molecule has 0 spiro atoms. The fourth-order valence-electron chi connectivity index (χ4n) is 2.00. The quantitative estimate of drug-likeness (QED) is 0.605. The summed E-state index contributed by atoms with van der Waals surface area (Å²) in [6.45, 7) is 0.228. The van der Waals surface area contributed by atoms with Gasteiger partial charge in [0.25, 0.3) is 5.91 Å². The van der Waals surface area contributed by atoms with Crippen LogP contribution < -0.4 is 16.4 Å². The summed E-state index contributed by atoms with van der Waals surface area (Å²) >= 11 is 0. The molecule has 1 fully saturated rings. The molecule has 0 bridgehead atoms. The molecular formula is C13H19N3O2. The minimum absolute atomic E-state index is 0.0483. The lowest BCUT2D eigenvalue weighted by Gasteiger charge is -2.33. The summed E-state index contributed by atoms with van der Waals surface area (Å²) in [6.07, 6.45) is 2.00. The van der Waals surface area contributed by atoms with E-state index in [0.717, 1.165) is 18.5 Å². The summed E-state index contributed by atoms with van der Waals surface area (Å²) in [7, 11) is 0. The molecular weight excluding hydrogens is 230 g/mol. The maximum absolute atomic E-state index is 11.6. The monoisotopic (exact) mass is 249 g/mol. The Hall–Kier alpha value is -1.59. The predicted molar refractivity (Wildman–Crippen MR) is 70.5 cm³/mol. The number of carbonyl (C=O) groups excluding carboxylic acids is 1. The number of hydrogen-bond acceptors (Lipinski definition) is 4. The Morgan fingerprint density at radius 3 is 2.56 bits per heavy atom. The average molecular weight is 249 g/mol. The summed E-state index contributed by atoms with van der Waals surface area (Å²) < 4.78 is 0. The van der Waals surface area contributed by atoms with Crippen LogP contribution in [0.5, 0.6) is 0 Å². The summed E-state index contributed by atoms with van der Waals surface area (Å²) in [5.74, 6) is -0.165. The van der Waals surface area contributed by atoms with Gasteiger partial charge in [-0.1, -0.05) is 0 Å². The van der Waals surface area contributed by atoms with Crippen LogP contribution in [-0.4, -0.2) is 36.2 Å². The normalized spacial score (nSPS) is 22.1. The van der Waals surface area contributed by atoms with Crippen LogP contribution in [0.4, 0.5) is 5.69 Å². The van der Waals surface area contributed by atoms with Crippen LogP contribution in [0.2, 0.25) is 0 Å². The average Bonchev–Trinajstić information content (AvgIpc) is 2.35. The summed E-state index contributed by atoms with van der Waals surface area (Å²) in [5, 5.41) is 14.6. The molecule has 0 aliphatic heterocycles. The van der Waals surface area contributed by atoms with Crippen molar-refractivity contribution in [1.29, 1.82) is 0 Å². The van der Waals surface area contributed by atoms with Gasteiger partial charge in [-0.05, 0) is 37.1 Å². The number of hydrogen-bond donors (Lipinski definition) is 4. The van der Waals surface area contributed by atoms with Crippen LogP contribution in [0, 0.1) is 0 Å². The molecule has 1 aromatic carbocycles. The number of amides is 1. The van der Waals surface area contributed by atoms with E-state index in [0.29, 0.717) is 17.6 Å². The van der Waals surface area contributed by atoms with E-state index in [4.69, 9.17) is 10.8 Å². The molecule has 98 valence electrons. The van der Waals surface area contributed by atoms with Gasteiger partial charge in [0, 0.05) is 29.9 Å². The molecule has 0 unspecified atom stereocenters. The molecule has 18 heavy (non-hydrogen) atoms. The van der Waals surface area contributed by atoms with Crippen molar-refractivity contribution in [2.24, 2.45) is 5.73 Å². The molecule has 0 radical (unpaired) electrons. The van der Waals surface area contributed by atoms with Gasteiger partial charge in [0.1, 0.15) is 0 Å². The van der Waals surface area contributed by atoms with Crippen LogP contribution in [0.3, 0.4) is 0 Å². The number of nitrogens with two attached hydrogens (primary N) is 1. The van der Waals surface area contributed by atoms with Crippen molar-refractivity contribution in [3.8, 4) is 0 Å². The number of aliphatic hydroxyl groups is 1. The van der Waals surface area contributed by atoms with Gasteiger partial charge < -0.3 is 21.5 Å². The number of nitrogens with one attached hydrogen (secondary N) is 2. The van der Waals surface area contributed by atoms with Crippen molar-refractivity contribution in [3.05, 3.63) is 29.8 Å². The van der Waals surface area contributed by atoms with Crippen molar-refractivity contribution in [2.45, 2.75) is 24.9 Å². The molecule has 0 saturated heterocycles. The third kappa shape index (κ3) is 3.21. The molecule has 0 atom stereocenters. The van der Waals surface area contributed by atoms with E-state index in [1.54, 1.807) is 12.1 Å². The zero-order valence-corrected chi connectivity index (χ0v) is 10.2. The van der Waals surface area contributed by atoms with Gasteiger partial charge in [-0.15, -0.1) is 0 Å². The Balaban J connectivity index is 1.87. The molecule has 1 amide bonds. The zero-order valence-electron chi connectivity index (χ0n) is 10.2. The highest BCUT2D eigenvalue weighted by molar-refractivity contribution is 5.94. The molecule has 5 heteroatoms. The second kappa shape index (κ2) is 5.84. The lowest BCUT2D eigenvalue weighted by molar-refractivity contribution is 0.0945. The van der Waals surface area contributed by atoms with Crippen LogP contribution in [0.15, 0.2) is 24.3 Å². The Labute approximate surface area is 106 Å². The number of rotatable bonds is 5. The van der Waals surface area contributed by atoms with Crippen LogP contribution in [0.1, 0.15) is 23.2 Å². The fraction of sp³-hybridized carbons (Fsp3) is 0.462. The Kier molecular flexibility index (Phi) is 4.17. The zero-order chi connectivity index (χ0) is 13.0. The largest absolute Gasteiger partial charge is 0.395 e. The molecule has 1 aliphatic rings. The first-order valence-corrected chi connectivity index (χ1v) is 6.20. The number of carbonyl (C=O) groups is 1. The lowest BCUT2D eigenvalue weighted by Crippen LogP contribution is -2.44. The van der Waals surface area contributed by atoms with Crippen molar-refractivity contribution in [2.75, 3.05) is 18.5 Å². The lowest BCUT2D eigenvalue weighted by atomic mass is 9.87. The molecule has 2 rings (SSSR count). The van der Waals surface area contributed by atoms with Gasteiger partial charge in [-0.25, -0.2) is 0 Å². The fourth-order valence-corrected chi connectivity index (χ4v) is 2.00. The van der Waals surface area contributed by atoms with Gasteiger partial charge in [0.2, 0.25) is 0 Å². The van der Waals surface area contributed by atoms with Crippen LogP contribution in [-0.2, 0) is 0 Å². The van der Waals surface area contributed by atoms with Gasteiger partial charge >= 0.3 is 0 Å². The van der Waals surface area contributed by atoms with Crippen molar-refractivity contribution >= 4 is 11.6 Å². The van der Waals surface area contributed by atoms with Gasteiger partial charge in [-0.2, -0.15) is 0 Å². The second-order valence-corrected chi connectivity index (χ2v) is 4.63. The minimum atomic E-state index is -0.165. The van der Waals surface area contributed by atoms with E-state index in [2.05, 4.69) is 10.6 Å². The van der Waals surface area contributed by atoms with Crippen molar-refractivity contribution in [3.63, 3.8) is 0 Å². The Bertz CT molecular complexity index is 399. The molecule has 0 heterocycles. The predicted octanol–water partition coefficient (Wildman–Crippen LogP) is 0.310.